The number of piperidine rings is 1. The first-order chi connectivity index (χ1) is 14.8. The van der Waals surface area contributed by atoms with Gasteiger partial charge in [0.1, 0.15) is 5.60 Å². The standard InChI is InChI=1S/C22H25N5O4/c1-22(2,3)31-21(29)26-12-14(24-25-23)20(28)17(13-26)27-15-8-4-6-10-18(15)30-19-11-7-5-9-16(19)27/h4-11,14,17,20,28H,12-13H2,1-3H3/t14-,17+,20+/m1/s1. The van der Waals surface area contributed by atoms with E-state index in [0.29, 0.717) is 11.5 Å². The molecule has 0 unspecified atom stereocenters. The molecule has 1 saturated heterocycles. The Morgan fingerprint density at radius 2 is 1.71 bits per heavy atom. The molecule has 0 aromatic heterocycles. The number of likely N-dealkylation sites (tertiary alicyclic amines) is 1. The summed E-state index contributed by atoms with van der Waals surface area (Å²) < 4.78 is 11.6. The Balaban J connectivity index is 1.76. The van der Waals surface area contributed by atoms with E-state index in [9.17, 15) is 9.90 Å². The second-order valence-corrected chi connectivity index (χ2v) is 8.62. The van der Waals surface area contributed by atoms with Crippen LogP contribution in [-0.4, -0.2) is 53.0 Å². The van der Waals surface area contributed by atoms with E-state index in [1.165, 1.54) is 4.90 Å². The van der Waals surface area contributed by atoms with Crippen molar-refractivity contribution in [3.63, 3.8) is 0 Å². The van der Waals surface area contributed by atoms with E-state index < -0.39 is 29.9 Å². The summed E-state index contributed by atoms with van der Waals surface area (Å²) in [5.41, 5.74) is 9.89. The molecule has 0 saturated carbocycles. The average molecular weight is 423 g/mol. The fraction of sp³-hybridized carbons (Fsp3) is 0.409. The molecule has 31 heavy (non-hydrogen) atoms. The van der Waals surface area contributed by atoms with Crippen molar-refractivity contribution in [2.45, 2.75) is 44.6 Å². The number of carbonyl (C=O) groups is 1. The number of aliphatic hydroxyl groups excluding tert-OH is 1. The molecule has 2 aliphatic rings. The number of azide groups is 1. The Morgan fingerprint density at radius 1 is 1.13 bits per heavy atom. The van der Waals surface area contributed by atoms with Crippen molar-refractivity contribution in [2.24, 2.45) is 5.11 Å². The van der Waals surface area contributed by atoms with Gasteiger partial charge < -0.3 is 24.4 Å². The minimum Gasteiger partial charge on any atom is -0.453 e. The molecule has 1 fully saturated rings. The van der Waals surface area contributed by atoms with Gasteiger partial charge in [-0.3, -0.25) is 0 Å². The van der Waals surface area contributed by atoms with Crippen molar-refractivity contribution < 1.29 is 19.4 Å². The second kappa shape index (κ2) is 8.02. The molecule has 0 aliphatic carbocycles. The van der Waals surface area contributed by atoms with Gasteiger partial charge in [0.2, 0.25) is 0 Å². The number of carbonyl (C=O) groups excluding carboxylic acids is 1. The van der Waals surface area contributed by atoms with Gasteiger partial charge in [0.05, 0.1) is 29.6 Å². The van der Waals surface area contributed by atoms with E-state index in [2.05, 4.69) is 10.0 Å². The molecule has 162 valence electrons. The largest absolute Gasteiger partial charge is 0.453 e. The van der Waals surface area contributed by atoms with E-state index in [4.69, 9.17) is 15.0 Å². The normalized spacial score (nSPS) is 22.5. The van der Waals surface area contributed by atoms with Gasteiger partial charge in [-0.2, -0.15) is 0 Å². The van der Waals surface area contributed by atoms with Crippen LogP contribution in [0.1, 0.15) is 20.8 Å². The van der Waals surface area contributed by atoms with Gasteiger partial charge in [-0.1, -0.05) is 29.4 Å². The molecule has 0 spiro atoms. The van der Waals surface area contributed by atoms with E-state index >= 15 is 0 Å². The van der Waals surface area contributed by atoms with Gasteiger partial charge in [-0.25, -0.2) is 4.79 Å². The Morgan fingerprint density at radius 3 is 2.26 bits per heavy atom. The van der Waals surface area contributed by atoms with Crippen molar-refractivity contribution in [1.82, 2.24) is 4.90 Å². The number of rotatable bonds is 2. The van der Waals surface area contributed by atoms with Gasteiger partial charge in [0.25, 0.3) is 0 Å². The highest BCUT2D eigenvalue weighted by atomic mass is 16.6. The molecule has 2 aromatic rings. The highest BCUT2D eigenvalue weighted by Gasteiger charge is 2.44. The number of para-hydroxylation sites is 4. The summed E-state index contributed by atoms with van der Waals surface area (Å²) in [6.45, 7) is 5.64. The summed E-state index contributed by atoms with van der Waals surface area (Å²) in [6.07, 6.45) is -1.52. The third-order valence-corrected chi connectivity index (χ3v) is 5.26. The molecule has 9 nitrogen and oxygen atoms in total. The highest BCUT2D eigenvalue weighted by molar-refractivity contribution is 5.79. The van der Waals surface area contributed by atoms with Gasteiger partial charge in [0.15, 0.2) is 11.5 Å². The summed E-state index contributed by atoms with van der Waals surface area (Å²) in [4.78, 5) is 19.2. The summed E-state index contributed by atoms with van der Waals surface area (Å²) in [6, 6.07) is 13.6. The molecular weight excluding hydrogens is 398 g/mol. The molecule has 0 radical (unpaired) electrons. The van der Waals surface area contributed by atoms with Crippen LogP contribution < -0.4 is 9.64 Å². The lowest BCUT2D eigenvalue weighted by Gasteiger charge is -2.47. The minimum absolute atomic E-state index is 0.0737. The van der Waals surface area contributed by atoms with Gasteiger partial charge >= 0.3 is 6.09 Å². The zero-order valence-corrected chi connectivity index (χ0v) is 17.7. The summed E-state index contributed by atoms with van der Waals surface area (Å²) in [7, 11) is 0. The molecule has 4 rings (SSSR count). The molecule has 2 heterocycles. The van der Waals surface area contributed by atoms with Crippen LogP contribution in [0.3, 0.4) is 0 Å². The maximum Gasteiger partial charge on any atom is 0.410 e. The number of ether oxygens (including phenoxy) is 2. The lowest BCUT2D eigenvalue weighted by Crippen LogP contribution is -2.61. The average Bonchev–Trinajstić information content (AvgIpc) is 2.72. The number of benzene rings is 2. The third-order valence-electron chi connectivity index (χ3n) is 5.26. The van der Waals surface area contributed by atoms with E-state index in [0.717, 1.165) is 11.4 Å². The number of amides is 1. The fourth-order valence-corrected chi connectivity index (χ4v) is 3.97. The van der Waals surface area contributed by atoms with Crippen molar-refractivity contribution >= 4 is 17.5 Å². The van der Waals surface area contributed by atoms with E-state index in [-0.39, 0.29) is 13.1 Å². The number of nitrogens with zero attached hydrogens (tertiary/aromatic N) is 5. The van der Waals surface area contributed by atoms with Gasteiger partial charge in [0, 0.05) is 18.0 Å². The zero-order valence-electron chi connectivity index (χ0n) is 17.7. The van der Waals surface area contributed by atoms with Crippen LogP contribution in [0.2, 0.25) is 0 Å². The number of hydrogen-bond donors (Lipinski definition) is 1. The Kier molecular flexibility index (Phi) is 5.39. The molecule has 9 heteroatoms. The summed E-state index contributed by atoms with van der Waals surface area (Å²) >= 11 is 0. The zero-order chi connectivity index (χ0) is 22.2. The number of aliphatic hydroxyl groups is 1. The second-order valence-electron chi connectivity index (χ2n) is 8.62. The first kappa shape index (κ1) is 20.8. The van der Waals surface area contributed by atoms with Crippen molar-refractivity contribution in [2.75, 3.05) is 18.0 Å². The first-order valence-electron chi connectivity index (χ1n) is 10.1. The third kappa shape index (κ3) is 4.10. The van der Waals surface area contributed by atoms with Crippen molar-refractivity contribution in [1.29, 1.82) is 0 Å². The molecule has 1 N–H and O–H groups in total. The monoisotopic (exact) mass is 423 g/mol. The maximum absolute atomic E-state index is 12.8. The van der Waals surface area contributed by atoms with Gasteiger partial charge in [-0.15, -0.1) is 0 Å². The Labute approximate surface area is 180 Å². The van der Waals surface area contributed by atoms with Gasteiger partial charge in [-0.05, 0) is 50.6 Å². The Hall–Kier alpha value is -3.42. The smallest absolute Gasteiger partial charge is 0.410 e. The molecule has 3 atom stereocenters. The number of anilines is 2. The fourth-order valence-electron chi connectivity index (χ4n) is 3.97. The van der Waals surface area contributed by atoms with Crippen molar-refractivity contribution in [3.8, 4) is 11.5 Å². The van der Waals surface area contributed by atoms with Crippen LogP contribution >= 0.6 is 0 Å². The highest BCUT2D eigenvalue weighted by Crippen LogP contribution is 2.48. The van der Waals surface area contributed by atoms with Crippen LogP contribution in [0.25, 0.3) is 10.4 Å². The first-order valence-corrected chi connectivity index (χ1v) is 10.1. The molecule has 2 aromatic carbocycles. The molecule has 0 bridgehead atoms. The van der Waals surface area contributed by atoms with Crippen molar-refractivity contribution in [3.05, 3.63) is 59.0 Å². The lowest BCUT2D eigenvalue weighted by molar-refractivity contribution is -0.00122. The van der Waals surface area contributed by atoms with E-state index in [1.54, 1.807) is 20.8 Å². The number of fused-ring (bicyclic) bond motifs is 2. The SMILES string of the molecule is CC(C)(C)OC(=O)N1C[C@@H](N=[N+]=[N-])[C@H](O)[C@@H](N2c3ccccc3Oc3ccccc32)C1. The van der Waals surface area contributed by atoms with Crippen LogP contribution in [0, 0.1) is 0 Å². The predicted molar refractivity (Wildman–Crippen MR) is 116 cm³/mol. The molecular formula is C22H25N5O4. The van der Waals surface area contributed by atoms with E-state index in [1.807, 2.05) is 53.4 Å². The predicted octanol–water partition coefficient (Wildman–Crippen LogP) is 4.59. The maximum atomic E-state index is 12.8. The van der Waals surface area contributed by atoms with Crippen LogP contribution in [-0.2, 0) is 4.74 Å². The Bertz CT molecular complexity index is 985. The topological polar surface area (TPSA) is 111 Å². The molecule has 2 aliphatic heterocycles. The van der Waals surface area contributed by atoms with Crippen LogP contribution in [0.15, 0.2) is 53.6 Å². The van der Waals surface area contributed by atoms with Crippen LogP contribution in [0.5, 0.6) is 11.5 Å². The lowest BCUT2D eigenvalue weighted by atomic mass is 9.94. The number of hydrogen-bond acceptors (Lipinski definition) is 6. The minimum atomic E-state index is -1.01. The van der Waals surface area contributed by atoms with Crippen LogP contribution in [0.4, 0.5) is 16.2 Å². The summed E-state index contributed by atoms with van der Waals surface area (Å²) in [5, 5.41) is 14.9. The quantitative estimate of drug-likeness (QED) is 0.431. The molecule has 1 amide bonds. The summed E-state index contributed by atoms with van der Waals surface area (Å²) in [5.74, 6) is 1.28.